The first-order valence-corrected chi connectivity index (χ1v) is 6.62. The molecule has 0 radical (unpaired) electrons. The molecule has 0 amide bonds. The minimum atomic E-state index is 0.562. The van der Waals surface area contributed by atoms with Crippen molar-refractivity contribution in [2.45, 2.75) is 6.92 Å². The monoisotopic (exact) mass is 247 g/mol. The first-order chi connectivity index (χ1) is 7.75. The summed E-state index contributed by atoms with van der Waals surface area (Å²) >= 11 is 3.25. The molecule has 0 saturated carbocycles. The van der Waals surface area contributed by atoms with Crippen LogP contribution in [0.3, 0.4) is 0 Å². The minimum absolute atomic E-state index is 0.562. The van der Waals surface area contributed by atoms with Crippen molar-refractivity contribution in [1.82, 2.24) is 9.97 Å². The molecule has 0 spiro atoms. The van der Waals surface area contributed by atoms with Crippen LogP contribution in [0.5, 0.6) is 0 Å². The van der Waals surface area contributed by atoms with Crippen molar-refractivity contribution in [2.24, 2.45) is 0 Å². The summed E-state index contributed by atoms with van der Waals surface area (Å²) in [5, 5.41) is 7.08. The predicted molar refractivity (Wildman–Crippen MR) is 69.9 cm³/mol. The third-order valence-corrected chi connectivity index (χ3v) is 4.12. The van der Waals surface area contributed by atoms with Gasteiger partial charge in [0.15, 0.2) is 5.82 Å². The van der Waals surface area contributed by atoms with Gasteiger partial charge in [-0.05, 0) is 29.3 Å². The average molecular weight is 247 g/mol. The number of anilines is 1. The number of nitrogens with two attached hydrogens (primary N) is 1. The van der Waals surface area contributed by atoms with E-state index in [0.717, 1.165) is 21.6 Å². The molecule has 16 heavy (non-hydrogen) atoms. The van der Waals surface area contributed by atoms with E-state index in [9.17, 15) is 0 Å². The molecule has 0 aliphatic rings. The van der Waals surface area contributed by atoms with E-state index in [1.54, 1.807) is 22.7 Å². The van der Waals surface area contributed by atoms with E-state index in [-0.39, 0.29) is 0 Å². The largest absolute Gasteiger partial charge is 0.383 e. The molecule has 0 atom stereocenters. The van der Waals surface area contributed by atoms with Crippen molar-refractivity contribution in [2.75, 3.05) is 5.73 Å². The number of nitrogen functional groups attached to an aromatic ring is 1. The van der Waals surface area contributed by atoms with Crippen LogP contribution in [-0.4, -0.2) is 9.97 Å². The number of hydrogen-bond donors (Lipinski definition) is 1. The maximum atomic E-state index is 5.92. The summed E-state index contributed by atoms with van der Waals surface area (Å²) in [6, 6.07) is 1.96. The Bertz CT molecular complexity index is 654. The van der Waals surface area contributed by atoms with Gasteiger partial charge in [-0.25, -0.2) is 9.97 Å². The van der Waals surface area contributed by atoms with E-state index in [1.165, 1.54) is 5.56 Å². The number of thiophene rings is 2. The van der Waals surface area contributed by atoms with Gasteiger partial charge in [0, 0.05) is 10.9 Å². The number of hydrogen-bond acceptors (Lipinski definition) is 5. The molecule has 0 fully saturated rings. The van der Waals surface area contributed by atoms with E-state index in [4.69, 9.17) is 5.73 Å². The van der Waals surface area contributed by atoms with Crippen molar-refractivity contribution < 1.29 is 0 Å². The van der Waals surface area contributed by atoms with Crippen LogP contribution in [0.1, 0.15) is 5.56 Å². The zero-order valence-electron chi connectivity index (χ0n) is 8.60. The maximum Gasteiger partial charge on any atom is 0.164 e. The van der Waals surface area contributed by atoms with Crippen LogP contribution in [0.4, 0.5) is 5.82 Å². The van der Waals surface area contributed by atoms with Gasteiger partial charge >= 0.3 is 0 Å². The number of nitrogens with zero attached hydrogens (tertiary/aromatic N) is 2. The summed E-state index contributed by atoms with van der Waals surface area (Å²) in [6.45, 7) is 2.06. The van der Waals surface area contributed by atoms with E-state index in [0.29, 0.717) is 5.82 Å². The molecule has 3 rings (SSSR count). The second-order valence-corrected chi connectivity index (χ2v) is 5.18. The molecule has 0 unspecified atom stereocenters. The van der Waals surface area contributed by atoms with Crippen molar-refractivity contribution in [1.29, 1.82) is 0 Å². The Morgan fingerprint density at radius 1 is 1.25 bits per heavy atom. The first kappa shape index (κ1) is 9.74. The fourth-order valence-electron chi connectivity index (χ4n) is 1.59. The number of aryl methyl sites for hydroxylation is 1. The second kappa shape index (κ2) is 3.54. The highest BCUT2D eigenvalue weighted by Gasteiger charge is 2.10. The van der Waals surface area contributed by atoms with Crippen LogP contribution in [0.25, 0.3) is 21.6 Å². The highest BCUT2D eigenvalue weighted by molar-refractivity contribution is 7.16. The molecule has 5 heteroatoms. The summed E-state index contributed by atoms with van der Waals surface area (Å²) < 4.78 is 0. The fraction of sp³-hybridized carbons (Fsp3) is 0.0909. The minimum Gasteiger partial charge on any atom is -0.383 e. The lowest BCUT2D eigenvalue weighted by Gasteiger charge is -2.01. The molecular weight excluding hydrogens is 238 g/mol. The molecule has 0 aliphatic heterocycles. The Labute approximate surface area is 101 Å². The maximum absolute atomic E-state index is 5.92. The zero-order valence-corrected chi connectivity index (χ0v) is 10.2. The fourth-order valence-corrected chi connectivity index (χ4v) is 3.19. The normalized spacial score (nSPS) is 11.1. The number of rotatable bonds is 1. The summed E-state index contributed by atoms with van der Waals surface area (Å²) in [5.74, 6) is 1.29. The summed E-state index contributed by atoms with van der Waals surface area (Å²) in [5.41, 5.74) is 8.19. The molecule has 3 aromatic heterocycles. The number of aromatic nitrogens is 2. The van der Waals surface area contributed by atoms with Crippen LogP contribution in [0.2, 0.25) is 0 Å². The second-order valence-electron chi connectivity index (χ2n) is 3.54. The van der Waals surface area contributed by atoms with E-state index < -0.39 is 0 Å². The average Bonchev–Trinajstić information content (AvgIpc) is 2.85. The van der Waals surface area contributed by atoms with Gasteiger partial charge in [-0.2, -0.15) is 11.3 Å². The van der Waals surface area contributed by atoms with Crippen LogP contribution >= 0.6 is 22.7 Å². The predicted octanol–water partition coefficient (Wildman–Crippen LogP) is 3.31. The third kappa shape index (κ3) is 1.40. The first-order valence-electron chi connectivity index (χ1n) is 4.79. The summed E-state index contributed by atoms with van der Waals surface area (Å²) in [7, 11) is 0. The molecular formula is C11H9N3S2. The summed E-state index contributed by atoms with van der Waals surface area (Å²) in [4.78, 5) is 9.84. The van der Waals surface area contributed by atoms with Crippen LogP contribution in [0.15, 0.2) is 22.2 Å². The molecule has 2 N–H and O–H groups in total. The summed E-state index contributed by atoms with van der Waals surface area (Å²) in [6.07, 6.45) is 0. The Kier molecular flexibility index (Phi) is 2.15. The lowest BCUT2D eigenvalue weighted by atomic mass is 10.2. The van der Waals surface area contributed by atoms with E-state index in [2.05, 4.69) is 27.7 Å². The van der Waals surface area contributed by atoms with E-state index >= 15 is 0 Å². The van der Waals surface area contributed by atoms with Gasteiger partial charge in [0.05, 0.1) is 5.39 Å². The molecule has 0 aliphatic carbocycles. The van der Waals surface area contributed by atoms with Crippen molar-refractivity contribution >= 4 is 38.7 Å². The molecule has 3 aromatic rings. The Hall–Kier alpha value is -1.46. The SMILES string of the molecule is Cc1cscc1-c1nc(N)c2ccsc2n1. The topological polar surface area (TPSA) is 51.8 Å². The smallest absolute Gasteiger partial charge is 0.164 e. The van der Waals surface area contributed by atoms with Crippen LogP contribution in [-0.2, 0) is 0 Å². The lowest BCUT2D eigenvalue weighted by molar-refractivity contribution is 1.24. The highest BCUT2D eigenvalue weighted by atomic mass is 32.1. The van der Waals surface area contributed by atoms with Crippen LogP contribution in [0, 0.1) is 6.92 Å². The number of fused-ring (bicyclic) bond motifs is 1. The molecule has 0 saturated heterocycles. The van der Waals surface area contributed by atoms with E-state index in [1.807, 2.05) is 11.4 Å². The lowest BCUT2D eigenvalue weighted by Crippen LogP contribution is -1.95. The molecule has 3 nitrogen and oxygen atoms in total. The Balaban J connectivity index is 2.29. The molecule has 80 valence electrons. The van der Waals surface area contributed by atoms with Gasteiger partial charge in [-0.1, -0.05) is 0 Å². The van der Waals surface area contributed by atoms with Crippen LogP contribution < -0.4 is 5.73 Å². The van der Waals surface area contributed by atoms with Gasteiger partial charge in [-0.15, -0.1) is 11.3 Å². The van der Waals surface area contributed by atoms with Crippen molar-refractivity contribution in [3.05, 3.63) is 27.8 Å². The van der Waals surface area contributed by atoms with Gasteiger partial charge in [0.1, 0.15) is 10.6 Å². The zero-order chi connectivity index (χ0) is 11.1. The quantitative estimate of drug-likeness (QED) is 0.717. The van der Waals surface area contributed by atoms with Gasteiger partial charge in [0.25, 0.3) is 0 Å². The highest BCUT2D eigenvalue weighted by Crippen LogP contribution is 2.29. The molecule has 0 bridgehead atoms. The Morgan fingerprint density at radius 3 is 2.88 bits per heavy atom. The Morgan fingerprint density at radius 2 is 2.12 bits per heavy atom. The van der Waals surface area contributed by atoms with Crippen molar-refractivity contribution in [3.8, 4) is 11.4 Å². The van der Waals surface area contributed by atoms with Gasteiger partial charge in [0.2, 0.25) is 0 Å². The third-order valence-electron chi connectivity index (χ3n) is 2.45. The standard InChI is InChI=1S/C11H9N3S2/c1-6-4-15-5-8(6)10-13-9(12)7-2-3-16-11(7)14-10/h2-5H,1H3,(H2,12,13,14). The molecule has 0 aromatic carbocycles. The van der Waals surface area contributed by atoms with Gasteiger partial charge < -0.3 is 5.73 Å². The van der Waals surface area contributed by atoms with Gasteiger partial charge in [-0.3, -0.25) is 0 Å². The van der Waals surface area contributed by atoms with Crippen molar-refractivity contribution in [3.63, 3.8) is 0 Å². The molecule has 3 heterocycles.